The van der Waals surface area contributed by atoms with Gasteiger partial charge in [-0.2, -0.15) is 0 Å². The Hall–Kier alpha value is -1.52. The summed E-state index contributed by atoms with van der Waals surface area (Å²) in [5.41, 5.74) is 0. The van der Waals surface area contributed by atoms with Crippen LogP contribution in [0.2, 0.25) is 0 Å². The Bertz CT molecular complexity index is 719. The number of carbonyl (C=O) groups is 3. The third-order valence-corrected chi connectivity index (χ3v) is 7.19. The predicted octanol–water partition coefficient (Wildman–Crippen LogP) is 5.87. The number of phosphoric ester groups is 1. The molecule has 11 nitrogen and oxygen atoms in total. The maximum absolute atomic E-state index is 12.2. The first kappa shape index (κ1) is 38.5. The molecule has 0 bridgehead atoms. The van der Waals surface area contributed by atoms with Gasteiger partial charge in [-0.25, -0.2) is 4.57 Å². The van der Waals surface area contributed by atoms with Crippen LogP contribution in [-0.2, 0) is 37.5 Å². The van der Waals surface area contributed by atoms with E-state index in [4.69, 9.17) is 23.6 Å². The molecule has 0 aromatic heterocycles. The minimum Gasteiger partial charge on any atom is -0.481 e. The Kier molecular flexibility index (Phi) is 24.3. The number of nitrogens with zero attached hydrogens (tertiary/aromatic N) is 1. The minimum atomic E-state index is -4.41. The number of carboxylic acids is 1. The van der Waals surface area contributed by atoms with Gasteiger partial charge in [0.15, 0.2) is 6.10 Å². The zero-order valence-electron chi connectivity index (χ0n) is 25.0. The fraction of sp³-hybridized carbons (Fsp3) is 0.893. The molecular weight excluding hydrogens is 541 g/mol. The predicted molar refractivity (Wildman–Crippen MR) is 153 cm³/mol. The topological polar surface area (TPSA) is 149 Å². The van der Waals surface area contributed by atoms with E-state index in [1.54, 1.807) is 19.0 Å². The van der Waals surface area contributed by atoms with Crippen LogP contribution in [0.15, 0.2) is 0 Å². The molecule has 0 aromatic carbocycles. The summed E-state index contributed by atoms with van der Waals surface area (Å²) in [4.78, 5) is 46.5. The van der Waals surface area contributed by atoms with Crippen LogP contribution >= 0.6 is 7.82 Å². The number of hydrogen-bond donors (Lipinski definition) is 2. The fourth-order valence-electron chi connectivity index (χ4n) is 3.84. The molecule has 0 aliphatic heterocycles. The standard InChI is InChI=1S/C28H54NO10P/c1-4-5-6-7-8-9-10-11-12-13-14-15-16-19-27(32)36-23-25(39-28(33)20-17-18-26(30)31)24-38-40(34,35)37-22-21-29(2)3/h25H,4-24H2,1-3H3,(H,30,31)(H,34,35)/t25-/m1/s1. The third kappa shape index (κ3) is 26.7. The Balaban J connectivity index is 4.28. The summed E-state index contributed by atoms with van der Waals surface area (Å²) >= 11 is 0. The number of likely N-dealkylation sites (N-methyl/N-ethyl adjacent to an activating group) is 1. The number of unbranched alkanes of at least 4 members (excludes halogenated alkanes) is 12. The molecule has 0 aromatic rings. The van der Waals surface area contributed by atoms with Crippen LogP contribution in [0.25, 0.3) is 0 Å². The quantitative estimate of drug-likeness (QED) is 0.0635. The Morgan fingerprint density at radius 2 is 1.25 bits per heavy atom. The molecule has 0 fully saturated rings. The fourth-order valence-corrected chi connectivity index (χ4v) is 4.58. The molecule has 0 amide bonds. The second-order valence-electron chi connectivity index (χ2n) is 10.4. The molecule has 0 aliphatic rings. The lowest BCUT2D eigenvalue weighted by atomic mass is 10.0. The Morgan fingerprint density at radius 1 is 0.725 bits per heavy atom. The van der Waals surface area contributed by atoms with Crippen molar-refractivity contribution in [3.8, 4) is 0 Å². The number of rotatable bonds is 28. The second-order valence-corrected chi connectivity index (χ2v) is 11.9. The van der Waals surface area contributed by atoms with E-state index in [1.165, 1.54) is 57.8 Å². The molecule has 0 heterocycles. The first-order chi connectivity index (χ1) is 19.1. The van der Waals surface area contributed by atoms with Crippen LogP contribution in [0, 0.1) is 0 Å². The average Bonchev–Trinajstić information content (AvgIpc) is 2.87. The number of carboxylic acid groups (broad SMARTS) is 1. The van der Waals surface area contributed by atoms with E-state index in [9.17, 15) is 23.8 Å². The largest absolute Gasteiger partial charge is 0.481 e. The van der Waals surface area contributed by atoms with Crippen molar-refractivity contribution in [2.75, 3.05) is 40.5 Å². The van der Waals surface area contributed by atoms with Gasteiger partial charge in [-0.05, 0) is 26.9 Å². The van der Waals surface area contributed by atoms with E-state index in [0.717, 1.165) is 19.3 Å². The molecule has 0 aliphatic carbocycles. The van der Waals surface area contributed by atoms with Crippen molar-refractivity contribution in [1.29, 1.82) is 0 Å². The van der Waals surface area contributed by atoms with E-state index >= 15 is 0 Å². The molecular formula is C28H54NO10P. The first-order valence-electron chi connectivity index (χ1n) is 14.9. The highest BCUT2D eigenvalue weighted by atomic mass is 31.2. The SMILES string of the molecule is CCCCCCCCCCCCCCCC(=O)OC[C@H](COP(=O)(O)OCCN(C)C)OC(=O)CCCC(=O)O. The normalized spacial score (nSPS) is 13.6. The molecule has 2 N–H and O–H groups in total. The number of ether oxygens (including phenoxy) is 2. The summed E-state index contributed by atoms with van der Waals surface area (Å²) in [5.74, 6) is -2.21. The van der Waals surface area contributed by atoms with Crippen LogP contribution < -0.4 is 0 Å². The van der Waals surface area contributed by atoms with E-state index < -0.39 is 38.4 Å². The lowest BCUT2D eigenvalue weighted by molar-refractivity contribution is -0.161. The summed E-state index contributed by atoms with van der Waals surface area (Å²) in [6.07, 6.45) is 14.4. The Labute approximate surface area is 240 Å². The molecule has 236 valence electrons. The third-order valence-electron chi connectivity index (χ3n) is 6.20. The molecule has 40 heavy (non-hydrogen) atoms. The molecule has 0 rings (SSSR count). The summed E-state index contributed by atoms with van der Waals surface area (Å²) in [7, 11) is -0.855. The van der Waals surface area contributed by atoms with Gasteiger partial charge in [-0.15, -0.1) is 0 Å². The van der Waals surface area contributed by atoms with Gasteiger partial charge >= 0.3 is 25.7 Å². The molecule has 0 spiro atoms. The Morgan fingerprint density at radius 3 is 1.77 bits per heavy atom. The van der Waals surface area contributed by atoms with Crippen molar-refractivity contribution in [2.45, 2.75) is 122 Å². The van der Waals surface area contributed by atoms with Crippen LogP contribution in [0.5, 0.6) is 0 Å². The molecule has 0 saturated heterocycles. The van der Waals surface area contributed by atoms with Gasteiger partial charge in [0.2, 0.25) is 0 Å². The number of hydrogen-bond acceptors (Lipinski definition) is 9. The van der Waals surface area contributed by atoms with Crippen LogP contribution in [-0.4, -0.2) is 79.4 Å². The van der Waals surface area contributed by atoms with Gasteiger partial charge in [0, 0.05) is 25.8 Å². The van der Waals surface area contributed by atoms with Gasteiger partial charge < -0.3 is 24.4 Å². The average molecular weight is 596 g/mol. The zero-order valence-corrected chi connectivity index (χ0v) is 25.9. The first-order valence-corrected chi connectivity index (χ1v) is 16.4. The molecule has 0 saturated carbocycles. The molecule has 12 heteroatoms. The number of carbonyl (C=O) groups excluding carboxylic acids is 2. The lowest BCUT2D eigenvalue weighted by Gasteiger charge is -2.20. The van der Waals surface area contributed by atoms with E-state index in [-0.39, 0.29) is 38.9 Å². The zero-order chi connectivity index (χ0) is 30.1. The van der Waals surface area contributed by atoms with Gasteiger partial charge in [0.25, 0.3) is 0 Å². The van der Waals surface area contributed by atoms with Crippen molar-refractivity contribution < 1.29 is 47.5 Å². The highest BCUT2D eigenvalue weighted by molar-refractivity contribution is 7.47. The molecule has 0 radical (unpaired) electrons. The molecule has 1 unspecified atom stereocenters. The summed E-state index contributed by atoms with van der Waals surface area (Å²) in [6.45, 7) is 1.71. The van der Waals surface area contributed by atoms with E-state index in [0.29, 0.717) is 13.0 Å². The maximum Gasteiger partial charge on any atom is 0.472 e. The summed E-state index contributed by atoms with van der Waals surface area (Å²) < 4.78 is 32.4. The number of aliphatic carboxylic acids is 1. The monoisotopic (exact) mass is 595 g/mol. The van der Waals surface area contributed by atoms with Gasteiger partial charge in [0.05, 0.1) is 13.2 Å². The summed E-state index contributed by atoms with van der Waals surface area (Å²) in [5, 5.41) is 8.72. The van der Waals surface area contributed by atoms with E-state index in [2.05, 4.69) is 6.92 Å². The molecule has 2 atom stereocenters. The van der Waals surface area contributed by atoms with E-state index in [1.807, 2.05) is 0 Å². The number of esters is 2. The van der Waals surface area contributed by atoms with Crippen molar-refractivity contribution in [1.82, 2.24) is 4.90 Å². The van der Waals surface area contributed by atoms with Crippen LogP contribution in [0.3, 0.4) is 0 Å². The van der Waals surface area contributed by atoms with Gasteiger partial charge in [-0.3, -0.25) is 23.4 Å². The van der Waals surface area contributed by atoms with Gasteiger partial charge in [0.1, 0.15) is 6.61 Å². The van der Waals surface area contributed by atoms with Crippen molar-refractivity contribution in [2.24, 2.45) is 0 Å². The van der Waals surface area contributed by atoms with Crippen LogP contribution in [0.4, 0.5) is 0 Å². The van der Waals surface area contributed by atoms with Crippen LogP contribution in [0.1, 0.15) is 116 Å². The highest BCUT2D eigenvalue weighted by Crippen LogP contribution is 2.43. The van der Waals surface area contributed by atoms with Gasteiger partial charge in [-0.1, -0.05) is 84.0 Å². The maximum atomic E-state index is 12.2. The van der Waals surface area contributed by atoms with Crippen molar-refractivity contribution in [3.63, 3.8) is 0 Å². The minimum absolute atomic E-state index is 0.0471. The van der Waals surface area contributed by atoms with Crippen molar-refractivity contribution in [3.05, 3.63) is 0 Å². The smallest absolute Gasteiger partial charge is 0.472 e. The summed E-state index contributed by atoms with van der Waals surface area (Å²) in [6, 6.07) is 0. The van der Waals surface area contributed by atoms with Crippen molar-refractivity contribution >= 4 is 25.7 Å². The number of phosphoric acid groups is 1. The highest BCUT2D eigenvalue weighted by Gasteiger charge is 2.26. The second kappa shape index (κ2) is 25.2. The lowest BCUT2D eigenvalue weighted by Crippen LogP contribution is -2.29.